The number of hydrogen-bond acceptors (Lipinski definition) is 1. The molecule has 0 saturated carbocycles. The van der Waals surface area contributed by atoms with Crippen molar-refractivity contribution in [1.29, 1.82) is 0 Å². The van der Waals surface area contributed by atoms with Crippen molar-refractivity contribution in [2.75, 3.05) is 0 Å². The Balaban J connectivity index is 2.02. The van der Waals surface area contributed by atoms with E-state index in [0.717, 1.165) is 0 Å². The molecule has 2 aromatic rings. The minimum Gasteiger partial charge on any atom is -0.307 e. The normalized spacial score (nSPS) is 20.7. The van der Waals surface area contributed by atoms with Gasteiger partial charge in [0.25, 0.3) is 0 Å². The summed E-state index contributed by atoms with van der Waals surface area (Å²) in [4.78, 5) is 0. The Morgan fingerprint density at radius 2 is 1.32 bits per heavy atom. The number of piperidine rings is 1. The molecule has 1 nitrogen and oxygen atoms in total. The molecule has 2 aromatic carbocycles. The van der Waals surface area contributed by atoms with Crippen LogP contribution in [0.3, 0.4) is 0 Å². The lowest BCUT2D eigenvalue weighted by Gasteiger charge is -2.47. The average molecular weight is 293 g/mol. The molecule has 1 fully saturated rings. The van der Waals surface area contributed by atoms with Crippen molar-refractivity contribution < 1.29 is 0 Å². The summed E-state index contributed by atoms with van der Waals surface area (Å²) in [5.74, 6) is 0.600. The van der Waals surface area contributed by atoms with E-state index in [0.29, 0.717) is 5.92 Å². The Morgan fingerprint density at radius 3 is 1.95 bits per heavy atom. The van der Waals surface area contributed by atoms with Crippen LogP contribution in [0.2, 0.25) is 0 Å². The number of rotatable bonds is 2. The van der Waals surface area contributed by atoms with E-state index >= 15 is 0 Å². The maximum absolute atomic E-state index is 3.79. The van der Waals surface area contributed by atoms with E-state index in [4.69, 9.17) is 0 Å². The van der Waals surface area contributed by atoms with Crippen LogP contribution in [0.25, 0.3) is 11.1 Å². The molecule has 1 saturated heterocycles. The fourth-order valence-electron chi connectivity index (χ4n) is 4.28. The largest absolute Gasteiger partial charge is 0.307 e. The van der Waals surface area contributed by atoms with Gasteiger partial charge in [0.05, 0.1) is 0 Å². The van der Waals surface area contributed by atoms with Crippen LogP contribution in [-0.2, 0) is 0 Å². The summed E-state index contributed by atoms with van der Waals surface area (Å²) in [7, 11) is 0. The van der Waals surface area contributed by atoms with Gasteiger partial charge in [0.15, 0.2) is 0 Å². The first-order chi connectivity index (χ1) is 10.4. The van der Waals surface area contributed by atoms with Gasteiger partial charge in [-0.15, -0.1) is 0 Å². The van der Waals surface area contributed by atoms with E-state index < -0.39 is 0 Å². The summed E-state index contributed by atoms with van der Waals surface area (Å²) in [5, 5.41) is 3.79. The second-order valence-electron chi connectivity index (χ2n) is 7.95. The van der Waals surface area contributed by atoms with Gasteiger partial charge >= 0.3 is 0 Å². The van der Waals surface area contributed by atoms with E-state index in [1.165, 1.54) is 29.5 Å². The van der Waals surface area contributed by atoms with Gasteiger partial charge in [0, 0.05) is 11.1 Å². The lowest BCUT2D eigenvalue weighted by atomic mass is 9.72. The molecule has 0 amide bonds. The van der Waals surface area contributed by atoms with Crippen LogP contribution in [0.15, 0.2) is 54.6 Å². The van der Waals surface area contributed by atoms with E-state index in [1.807, 2.05) is 0 Å². The molecule has 116 valence electrons. The van der Waals surface area contributed by atoms with Gasteiger partial charge in [-0.2, -0.15) is 0 Å². The molecule has 0 unspecified atom stereocenters. The molecular formula is C21H27N. The van der Waals surface area contributed by atoms with Gasteiger partial charge in [-0.05, 0) is 63.1 Å². The van der Waals surface area contributed by atoms with Crippen molar-refractivity contribution in [2.45, 2.75) is 57.5 Å². The maximum Gasteiger partial charge on any atom is 0.0135 e. The zero-order chi connectivity index (χ0) is 15.8. The zero-order valence-corrected chi connectivity index (χ0v) is 14.2. The van der Waals surface area contributed by atoms with Crippen LogP contribution < -0.4 is 5.32 Å². The predicted octanol–water partition coefficient (Wildman–Crippen LogP) is 5.38. The molecule has 0 atom stereocenters. The third kappa shape index (κ3) is 3.25. The van der Waals surface area contributed by atoms with Gasteiger partial charge in [0.2, 0.25) is 0 Å². The standard InChI is InChI=1S/C21H27N/c1-20(2)14-17(15-21(3,4)22-20)19-13-9-8-12-18(19)16-10-6-5-7-11-16/h5-13,17,22H,14-15H2,1-4H3. The Kier molecular flexibility index (Phi) is 3.86. The van der Waals surface area contributed by atoms with Gasteiger partial charge in [-0.25, -0.2) is 0 Å². The van der Waals surface area contributed by atoms with Crippen LogP contribution in [-0.4, -0.2) is 11.1 Å². The highest BCUT2D eigenvalue weighted by Gasteiger charge is 2.38. The molecule has 22 heavy (non-hydrogen) atoms. The van der Waals surface area contributed by atoms with Crippen molar-refractivity contribution in [3.63, 3.8) is 0 Å². The highest BCUT2D eigenvalue weighted by Crippen LogP contribution is 2.42. The fraction of sp³-hybridized carbons (Fsp3) is 0.429. The second-order valence-corrected chi connectivity index (χ2v) is 7.95. The van der Waals surface area contributed by atoms with Gasteiger partial charge < -0.3 is 5.32 Å². The molecule has 0 spiro atoms. The second kappa shape index (κ2) is 5.55. The molecule has 1 N–H and O–H groups in total. The third-order valence-corrected chi connectivity index (χ3v) is 4.68. The minimum atomic E-state index is 0.177. The summed E-state index contributed by atoms with van der Waals surface area (Å²) in [5.41, 5.74) is 4.57. The van der Waals surface area contributed by atoms with Gasteiger partial charge in [0.1, 0.15) is 0 Å². The SMILES string of the molecule is CC1(C)CC(c2ccccc2-c2ccccc2)CC(C)(C)N1. The summed E-state index contributed by atoms with van der Waals surface area (Å²) in [6.45, 7) is 9.30. The van der Waals surface area contributed by atoms with Crippen molar-refractivity contribution in [3.8, 4) is 11.1 Å². The molecule has 1 aliphatic heterocycles. The van der Waals surface area contributed by atoms with Crippen LogP contribution in [0.1, 0.15) is 52.0 Å². The molecular weight excluding hydrogens is 266 g/mol. The minimum absolute atomic E-state index is 0.177. The van der Waals surface area contributed by atoms with Crippen LogP contribution in [0.5, 0.6) is 0 Å². The summed E-state index contributed by atoms with van der Waals surface area (Å²) in [6, 6.07) is 19.7. The average Bonchev–Trinajstić information content (AvgIpc) is 2.45. The quantitative estimate of drug-likeness (QED) is 0.784. The van der Waals surface area contributed by atoms with Crippen LogP contribution >= 0.6 is 0 Å². The van der Waals surface area contributed by atoms with Gasteiger partial charge in [-0.1, -0.05) is 54.6 Å². The molecule has 1 heterocycles. The summed E-state index contributed by atoms with van der Waals surface area (Å²) >= 11 is 0. The van der Waals surface area contributed by atoms with E-state index in [2.05, 4.69) is 87.6 Å². The van der Waals surface area contributed by atoms with Crippen molar-refractivity contribution >= 4 is 0 Å². The van der Waals surface area contributed by atoms with Crippen LogP contribution in [0.4, 0.5) is 0 Å². The molecule has 0 bridgehead atoms. The lowest BCUT2D eigenvalue weighted by molar-refractivity contribution is 0.162. The first-order valence-corrected chi connectivity index (χ1v) is 8.30. The Bertz CT molecular complexity index is 624. The molecule has 1 heteroatoms. The Morgan fingerprint density at radius 1 is 0.773 bits per heavy atom. The van der Waals surface area contributed by atoms with E-state index in [-0.39, 0.29) is 11.1 Å². The topological polar surface area (TPSA) is 12.0 Å². The smallest absolute Gasteiger partial charge is 0.0135 e. The Hall–Kier alpha value is -1.60. The number of hydrogen-bond donors (Lipinski definition) is 1. The molecule has 3 rings (SSSR count). The van der Waals surface area contributed by atoms with Crippen molar-refractivity contribution in [2.24, 2.45) is 0 Å². The highest BCUT2D eigenvalue weighted by atomic mass is 15.0. The summed E-state index contributed by atoms with van der Waals surface area (Å²) < 4.78 is 0. The first kappa shape index (κ1) is 15.3. The van der Waals surface area contributed by atoms with Gasteiger partial charge in [-0.3, -0.25) is 0 Å². The van der Waals surface area contributed by atoms with E-state index in [9.17, 15) is 0 Å². The fourth-order valence-corrected chi connectivity index (χ4v) is 4.28. The third-order valence-electron chi connectivity index (χ3n) is 4.68. The summed E-state index contributed by atoms with van der Waals surface area (Å²) in [6.07, 6.45) is 2.36. The zero-order valence-electron chi connectivity index (χ0n) is 14.2. The monoisotopic (exact) mass is 293 g/mol. The molecule has 0 radical (unpaired) electrons. The molecule has 1 aliphatic rings. The van der Waals surface area contributed by atoms with Crippen molar-refractivity contribution in [3.05, 3.63) is 60.2 Å². The highest BCUT2D eigenvalue weighted by molar-refractivity contribution is 5.68. The van der Waals surface area contributed by atoms with E-state index in [1.54, 1.807) is 0 Å². The molecule has 0 aromatic heterocycles. The van der Waals surface area contributed by atoms with Crippen LogP contribution in [0, 0.1) is 0 Å². The maximum atomic E-state index is 3.79. The first-order valence-electron chi connectivity index (χ1n) is 8.30. The predicted molar refractivity (Wildman–Crippen MR) is 95.1 cm³/mol. The van der Waals surface area contributed by atoms with Crippen molar-refractivity contribution in [1.82, 2.24) is 5.32 Å². The lowest BCUT2D eigenvalue weighted by Crippen LogP contribution is -2.57. The number of benzene rings is 2. The molecule has 0 aliphatic carbocycles. The number of nitrogens with one attached hydrogen (secondary N) is 1. The Labute approximate surface area is 134 Å².